The summed E-state index contributed by atoms with van der Waals surface area (Å²) in [7, 11) is 0. The minimum Gasteiger partial charge on any atom is -0.488 e. The largest absolute Gasteiger partial charge is 0.488 e. The van der Waals surface area contributed by atoms with Crippen LogP contribution in [-0.2, 0) is 0 Å². The first-order chi connectivity index (χ1) is 6.70. The first kappa shape index (κ1) is 11.1. The standard InChI is InChI=1S/C13H20O/c1-4-11-13(3,5-2)14-12-9-7-6-8-10-12/h6-10H,4-5,11H2,1-3H3. The van der Waals surface area contributed by atoms with Crippen molar-refractivity contribution in [3.8, 4) is 5.75 Å². The fraction of sp³-hybridized carbons (Fsp3) is 0.538. The van der Waals surface area contributed by atoms with Gasteiger partial charge in [0, 0.05) is 0 Å². The van der Waals surface area contributed by atoms with Crippen LogP contribution in [0.5, 0.6) is 5.75 Å². The van der Waals surface area contributed by atoms with Crippen LogP contribution in [0.2, 0.25) is 0 Å². The molecule has 14 heavy (non-hydrogen) atoms. The number of ether oxygens (including phenoxy) is 1. The molecule has 1 nitrogen and oxygen atoms in total. The molecular formula is C13H20O. The van der Waals surface area contributed by atoms with Gasteiger partial charge in [0.1, 0.15) is 11.4 Å². The van der Waals surface area contributed by atoms with Crippen LogP contribution in [0.15, 0.2) is 30.3 Å². The summed E-state index contributed by atoms with van der Waals surface area (Å²) >= 11 is 0. The van der Waals surface area contributed by atoms with E-state index in [1.165, 1.54) is 0 Å². The Morgan fingerprint density at radius 1 is 1.14 bits per heavy atom. The average molecular weight is 192 g/mol. The fourth-order valence-corrected chi connectivity index (χ4v) is 1.60. The molecule has 1 aromatic rings. The van der Waals surface area contributed by atoms with Gasteiger partial charge in [0.25, 0.3) is 0 Å². The Hall–Kier alpha value is -0.980. The van der Waals surface area contributed by atoms with Crippen molar-refractivity contribution in [3.63, 3.8) is 0 Å². The average Bonchev–Trinajstić information content (AvgIpc) is 2.20. The summed E-state index contributed by atoms with van der Waals surface area (Å²) in [6.07, 6.45) is 3.32. The van der Waals surface area contributed by atoms with Gasteiger partial charge in [0.05, 0.1) is 0 Å². The highest BCUT2D eigenvalue weighted by molar-refractivity contribution is 5.21. The highest BCUT2D eigenvalue weighted by atomic mass is 16.5. The summed E-state index contributed by atoms with van der Waals surface area (Å²) < 4.78 is 5.99. The third kappa shape index (κ3) is 3.06. The molecule has 0 bridgehead atoms. The van der Waals surface area contributed by atoms with E-state index in [0.29, 0.717) is 0 Å². The van der Waals surface area contributed by atoms with Crippen LogP contribution in [0.4, 0.5) is 0 Å². The van der Waals surface area contributed by atoms with E-state index in [2.05, 4.69) is 20.8 Å². The molecule has 0 saturated carbocycles. The normalized spacial score (nSPS) is 14.8. The first-order valence-corrected chi connectivity index (χ1v) is 5.44. The van der Waals surface area contributed by atoms with Gasteiger partial charge in [0.15, 0.2) is 0 Å². The van der Waals surface area contributed by atoms with Gasteiger partial charge in [-0.05, 0) is 31.9 Å². The topological polar surface area (TPSA) is 9.23 Å². The SMILES string of the molecule is CCCC(C)(CC)Oc1ccccc1. The predicted molar refractivity (Wildman–Crippen MR) is 60.7 cm³/mol. The third-order valence-corrected chi connectivity index (χ3v) is 2.63. The molecule has 1 atom stereocenters. The van der Waals surface area contributed by atoms with Crippen molar-refractivity contribution in [2.45, 2.75) is 45.6 Å². The molecule has 0 fully saturated rings. The van der Waals surface area contributed by atoms with Crippen LogP contribution in [0.25, 0.3) is 0 Å². The second-order valence-electron chi connectivity index (χ2n) is 3.97. The van der Waals surface area contributed by atoms with E-state index in [1.54, 1.807) is 0 Å². The van der Waals surface area contributed by atoms with Crippen molar-refractivity contribution in [3.05, 3.63) is 30.3 Å². The lowest BCUT2D eigenvalue weighted by Crippen LogP contribution is -2.31. The summed E-state index contributed by atoms with van der Waals surface area (Å²) in [4.78, 5) is 0. The quantitative estimate of drug-likeness (QED) is 0.684. The number of hydrogen-bond acceptors (Lipinski definition) is 1. The molecule has 0 spiro atoms. The van der Waals surface area contributed by atoms with Crippen LogP contribution >= 0.6 is 0 Å². The molecule has 0 N–H and O–H groups in total. The summed E-state index contributed by atoms with van der Waals surface area (Å²) in [5.74, 6) is 0.977. The van der Waals surface area contributed by atoms with E-state index in [1.807, 2.05) is 30.3 Å². The summed E-state index contributed by atoms with van der Waals surface area (Å²) in [6, 6.07) is 10.1. The van der Waals surface area contributed by atoms with Crippen molar-refractivity contribution in [1.82, 2.24) is 0 Å². The molecule has 1 heteroatoms. The lowest BCUT2D eigenvalue weighted by molar-refractivity contribution is 0.0741. The van der Waals surface area contributed by atoms with Crippen LogP contribution < -0.4 is 4.74 Å². The zero-order chi connectivity index (χ0) is 10.4. The molecule has 1 unspecified atom stereocenters. The Balaban J connectivity index is 2.65. The van der Waals surface area contributed by atoms with E-state index in [-0.39, 0.29) is 5.60 Å². The van der Waals surface area contributed by atoms with E-state index in [9.17, 15) is 0 Å². The smallest absolute Gasteiger partial charge is 0.120 e. The maximum absolute atomic E-state index is 5.99. The van der Waals surface area contributed by atoms with E-state index in [4.69, 9.17) is 4.74 Å². The Labute approximate surface area is 87.1 Å². The number of hydrogen-bond donors (Lipinski definition) is 0. The van der Waals surface area contributed by atoms with Crippen molar-refractivity contribution < 1.29 is 4.74 Å². The second kappa shape index (κ2) is 5.04. The molecule has 0 saturated heterocycles. The van der Waals surface area contributed by atoms with Crippen LogP contribution in [0.1, 0.15) is 40.0 Å². The van der Waals surface area contributed by atoms with Gasteiger partial charge in [-0.2, -0.15) is 0 Å². The van der Waals surface area contributed by atoms with Gasteiger partial charge < -0.3 is 4.74 Å². The second-order valence-corrected chi connectivity index (χ2v) is 3.97. The van der Waals surface area contributed by atoms with Gasteiger partial charge in [-0.25, -0.2) is 0 Å². The summed E-state index contributed by atoms with van der Waals surface area (Å²) in [5.41, 5.74) is -0.00387. The highest BCUT2D eigenvalue weighted by Gasteiger charge is 2.22. The van der Waals surface area contributed by atoms with Gasteiger partial charge in [0.2, 0.25) is 0 Å². The Kier molecular flexibility index (Phi) is 3.99. The lowest BCUT2D eigenvalue weighted by Gasteiger charge is -2.29. The number of rotatable bonds is 5. The molecule has 0 radical (unpaired) electrons. The van der Waals surface area contributed by atoms with E-state index < -0.39 is 0 Å². The maximum atomic E-state index is 5.99. The van der Waals surface area contributed by atoms with E-state index in [0.717, 1.165) is 25.0 Å². The Morgan fingerprint density at radius 3 is 2.29 bits per heavy atom. The molecule has 78 valence electrons. The van der Waals surface area contributed by atoms with Gasteiger partial charge in [-0.3, -0.25) is 0 Å². The molecular weight excluding hydrogens is 172 g/mol. The molecule has 1 aromatic carbocycles. The fourth-order valence-electron chi connectivity index (χ4n) is 1.60. The first-order valence-electron chi connectivity index (χ1n) is 5.44. The molecule has 0 aliphatic heterocycles. The maximum Gasteiger partial charge on any atom is 0.120 e. The van der Waals surface area contributed by atoms with Crippen molar-refractivity contribution >= 4 is 0 Å². The molecule has 0 aliphatic carbocycles. The summed E-state index contributed by atoms with van der Waals surface area (Å²) in [6.45, 7) is 6.56. The molecule has 0 amide bonds. The Morgan fingerprint density at radius 2 is 1.79 bits per heavy atom. The lowest BCUT2D eigenvalue weighted by atomic mass is 9.97. The van der Waals surface area contributed by atoms with Crippen LogP contribution in [0.3, 0.4) is 0 Å². The van der Waals surface area contributed by atoms with Crippen LogP contribution in [-0.4, -0.2) is 5.60 Å². The van der Waals surface area contributed by atoms with Crippen molar-refractivity contribution in [1.29, 1.82) is 0 Å². The van der Waals surface area contributed by atoms with E-state index >= 15 is 0 Å². The molecule has 0 aliphatic rings. The summed E-state index contributed by atoms with van der Waals surface area (Å²) in [5, 5.41) is 0. The zero-order valence-electron chi connectivity index (χ0n) is 9.42. The number of benzene rings is 1. The van der Waals surface area contributed by atoms with Crippen molar-refractivity contribution in [2.24, 2.45) is 0 Å². The van der Waals surface area contributed by atoms with Gasteiger partial charge in [-0.15, -0.1) is 0 Å². The van der Waals surface area contributed by atoms with Gasteiger partial charge in [-0.1, -0.05) is 38.5 Å². The monoisotopic (exact) mass is 192 g/mol. The highest BCUT2D eigenvalue weighted by Crippen LogP contribution is 2.24. The molecule has 0 heterocycles. The minimum atomic E-state index is -0.00387. The van der Waals surface area contributed by atoms with Gasteiger partial charge >= 0.3 is 0 Å². The van der Waals surface area contributed by atoms with Crippen molar-refractivity contribution in [2.75, 3.05) is 0 Å². The third-order valence-electron chi connectivity index (χ3n) is 2.63. The number of para-hydroxylation sites is 1. The minimum absolute atomic E-state index is 0.00387. The molecule has 1 rings (SSSR count). The predicted octanol–water partition coefficient (Wildman–Crippen LogP) is 4.03. The Bertz CT molecular complexity index is 255. The molecule has 0 aromatic heterocycles. The van der Waals surface area contributed by atoms with Crippen LogP contribution in [0, 0.1) is 0 Å². The zero-order valence-corrected chi connectivity index (χ0v) is 9.42.